The number of benzene rings is 2. The van der Waals surface area contributed by atoms with Crippen molar-refractivity contribution in [3.63, 3.8) is 0 Å². The standard InChI is InChI=1S/C23H28N2O3/c1-16(2)14-24-23(27)20-9-5-6-10-21(20)25-22(26)15-28-19-12-11-17-7-3-4-8-18(17)13-19/h5-6,9-13,16H,3-4,7-8,14-15H2,1-2H3,(H,24,27)(H,25,26). The van der Waals surface area contributed by atoms with Gasteiger partial charge in [0.15, 0.2) is 6.61 Å². The molecule has 0 bridgehead atoms. The minimum absolute atomic E-state index is 0.0965. The Labute approximate surface area is 166 Å². The van der Waals surface area contributed by atoms with Crippen LogP contribution in [0, 0.1) is 5.92 Å². The molecule has 5 heteroatoms. The lowest BCUT2D eigenvalue weighted by molar-refractivity contribution is -0.118. The molecule has 0 radical (unpaired) electrons. The lowest BCUT2D eigenvalue weighted by Crippen LogP contribution is -2.29. The molecule has 28 heavy (non-hydrogen) atoms. The molecule has 3 rings (SSSR count). The Balaban J connectivity index is 1.58. The van der Waals surface area contributed by atoms with Crippen molar-refractivity contribution in [1.82, 2.24) is 5.32 Å². The van der Waals surface area contributed by atoms with Crippen LogP contribution < -0.4 is 15.4 Å². The van der Waals surface area contributed by atoms with E-state index in [2.05, 4.69) is 16.7 Å². The lowest BCUT2D eigenvalue weighted by atomic mass is 9.92. The molecule has 0 aromatic heterocycles. The van der Waals surface area contributed by atoms with Crippen LogP contribution in [-0.2, 0) is 17.6 Å². The maximum absolute atomic E-state index is 12.4. The van der Waals surface area contributed by atoms with Crippen molar-refractivity contribution in [3.05, 3.63) is 59.2 Å². The Morgan fingerprint density at radius 2 is 1.79 bits per heavy atom. The fraction of sp³-hybridized carbons (Fsp3) is 0.391. The molecule has 0 aliphatic heterocycles. The number of nitrogens with one attached hydrogen (secondary N) is 2. The van der Waals surface area contributed by atoms with Crippen molar-refractivity contribution in [2.75, 3.05) is 18.5 Å². The molecule has 0 saturated carbocycles. The summed E-state index contributed by atoms with van der Waals surface area (Å²) < 4.78 is 5.67. The average molecular weight is 380 g/mol. The monoisotopic (exact) mass is 380 g/mol. The quantitative estimate of drug-likeness (QED) is 0.764. The van der Waals surface area contributed by atoms with Gasteiger partial charge in [-0.1, -0.05) is 32.0 Å². The van der Waals surface area contributed by atoms with Gasteiger partial charge in [-0.15, -0.1) is 0 Å². The molecule has 2 aromatic carbocycles. The minimum atomic E-state index is -0.290. The van der Waals surface area contributed by atoms with Gasteiger partial charge in [-0.2, -0.15) is 0 Å². The first-order valence-corrected chi connectivity index (χ1v) is 9.94. The second-order valence-corrected chi connectivity index (χ2v) is 7.62. The van der Waals surface area contributed by atoms with Gasteiger partial charge in [0.25, 0.3) is 11.8 Å². The average Bonchev–Trinajstić information content (AvgIpc) is 2.70. The van der Waals surface area contributed by atoms with Gasteiger partial charge in [-0.05, 0) is 67.0 Å². The highest BCUT2D eigenvalue weighted by molar-refractivity contribution is 6.04. The SMILES string of the molecule is CC(C)CNC(=O)c1ccccc1NC(=O)COc1ccc2c(c1)CCCC2. The zero-order chi connectivity index (χ0) is 19.9. The number of aryl methyl sites for hydroxylation is 2. The predicted molar refractivity (Wildman–Crippen MR) is 111 cm³/mol. The van der Waals surface area contributed by atoms with Crippen LogP contribution in [0.3, 0.4) is 0 Å². The molecule has 148 valence electrons. The molecule has 2 aromatic rings. The number of carbonyl (C=O) groups is 2. The minimum Gasteiger partial charge on any atom is -0.484 e. The summed E-state index contributed by atoms with van der Waals surface area (Å²) in [7, 11) is 0. The van der Waals surface area contributed by atoms with E-state index in [9.17, 15) is 9.59 Å². The predicted octanol–water partition coefficient (Wildman–Crippen LogP) is 3.97. The molecule has 2 N–H and O–H groups in total. The maximum atomic E-state index is 12.4. The first-order valence-electron chi connectivity index (χ1n) is 9.94. The van der Waals surface area contributed by atoms with Gasteiger partial charge in [-0.3, -0.25) is 9.59 Å². The van der Waals surface area contributed by atoms with Gasteiger partial charge in [0, 0.05) is 6.54 Å². The maximum Gasteiger partial charge on any atom is 0.262 e. The molecule has 1 aliphatic carbocycles. The van der Waals surface area contributed by atoms with Crippen LogP contribution in [-0.4, -0.2) is 25.0 Å². The molecule has 0 unspecified atom stereocenters. The van der Waals surface area contributed by atoms with Crippen molar-refractivity contribution >= 4 is 17.5 Å². The number of amides is 2. The van der Waals surface area contributed by atoms with Gasteiger partial charge in [0.1, 0.15) is 5.75 Å². The van der Waals surface area contributed by atoms with E-state index in [1.54, 1.807) is 24.3 Å². The fourth-order valence-corrected chi connectivity index (χ4v) is 3.32. The molecule has 0 atom stereocenters. The topological polar surface area (TPSA) is 67.4 Å². The molecule has 1 aliphatic rings. The van der Waals surface area contributed by atoms with Crippen molar-refractivity contribution in [1.29, 1.82) is 0 Å². The van der Waals surface area contributed by atoms with Gasteiger partial charge in [0.05, 0.1) is 11.3 Å². The van der Waals surface area contributed by atoms with Crippen LogP contribution in [0.4, 0.5) is 5.69 Å². The van der Waals surface area contributed by atoms with Crippen molar-refractivity contribution in [2.24, 2.45) is 5.92 Å². The largest absolute Gasteiger partial charge is 0.484 e. The van der Waals surface area contributed by atoms with Crippen molar-refractivity contribution in [3.8, 4) is 5.75 Å². The number of rotatable bonds is 7. The van der Waals surface area contributed by atoms with Gasteiger partial charge >= 0.3 is 0 Å². The van der Waals surface area contributed by atoms with Gasteiger partial charge in [-0.25, -0.2) is 0 Å². The smallest absolute Gasteiger partial charge is 0.262 e. The molecule has 0 heterocycles. The Morgan fingerprint density at radius 3 is 2.57 bits per heavy atom. The van der Waals surface area contributed by atoms with Crippen molar-refractivity contribution in [2.45, 2.75) is 39.5 Å². The van der Waals surface area contributed by atoms with E-state index in [1.165, 1.54) is 24.0 Å². The van der Waals surface area contributed by atoms with E-state index in [-0.39, 0.29) is 18.4 Å². The molecule has 0 saturated heterocycles. The number of para-hydroxylation sites is 1. The third kappa shape index (κ3) is 5.35. The van der Waals surface area contributed by atoms with Crippen LogP contribution in [0.25, 0.3) is 0 Å². The number of carbonyl (C=O) groups excluding carboxylic acids is 2. The van der Waals surface area contributed by atoms with Gasteiger partial charge < -0.3 is 15.4 Å². The summed E-state index contributed by atoms with van der Waals surface area (Å²) in [5, 5.41) is 5.66. The van der Waals surface area contributed by atoms with Crippen LogP contribution in [0.15, 0.2) is 42.5 Å². The van der Waals surface area contributed by atoms with E-state index in [0.717, 1.165) is 12.8 Å². The summed E-state index contributed by atoms with van der Waals surface area (Å²) in [5.41, 5.74) is 3.63. The highest BCUT2D eigenvalue weighted by Gasteiger charge is 2.14. The second kappa shape index (κ2) is 9.40. The van der Waals surface area contributed by atoms with Crippen LogP contribution in [0.1, 0.15) is 48.2 Å². The second-order valence-electron chi connectivity index (χ2n) is 7.62. The van der Waals surface area contributed by atoms with E-state index in [1.807, 2.05) is 26.0 Å². The van der Waals surface area contributed by atoms with E-state index >= 15 is 0 Å². The molecular weight excluding hydrogens is 352 g/mol. The highest BCUT2D eigenvalue weighted by Crippen LogP contribution is 2.25. The normalized spacial score (nSPS) is 13.0. The van der Waals surface area contributed by atoms with Crippen LogP contribution in [0.5, 0.6) is 5.75 Å². The Hall–Kier alpha value is -2.82. The third-order valence-corrected chi connectivity index (χ3v) is 4.81. The summed E-state index contributed by atoms with van der Waals surface area (Å²) in [4.78, 5) is 24.7. The summed E-state index contributed by atoms with van der Waals surface area (Å²) in [6, 6.07) is 13.1. The summed E-state index contributed by atoms with van der Waals surface area (Å²) in [5.74, 6) is 0.580. The Bertz CT molecular complexity index is 845. The van der Waals surface area contributed by atoms with E-state index in [0.29, 0.717) is 29.5 Å². The number of fused-ring (bicyclic) bond motifs is 1. The first-order chi connectivity index (χ1) is 13.5. The number of hydrogen-bond donors (Lipinski definition) is 2. The highest BCUT2D eigenvalue weighted by atomic mass is 16.5. The fourth-order valence-electron chi connectivity index (χ4n) is 3.32. The van der Waals surface area contributed by atoms with Crippen LogP contribution >= 0.6 is 0 Å². The summed E-state index contributed by atoms with van der Waals surface area (Å²) >= 11 is 0. The Morgan fingerprint density at radius 1 is 1.04 bits per heavy atom. The first kappa shape index (κ1) is 19.9. The molecular formula is C23H28N2O3. The molecule has 0 fully saturated rings. The summed E-state index contributed by atoms with van der Waals surface area (Å²) in [6.07, 6.45) is 4.62. The number of ether oxygens (including phenoxy) is 1. The molecule has 2 amide bonds. The van der Waals surface area contributed by atoms with E-state index in [4.69, 9.17) is 4.74 Å². The lowest BCUT2D eigenvalue weighted by Gasteiger charge is -2.17. The van der Waals surface area contributed by atoms with Gasteiger partial charge in [0.2, 0.25) is 0 Å². The summed E-state index contributed by atoms with van der Waals surface area (Å²) in [6.45, 7) is 4.56. The zero-order valence-electron chi connectivity index (χ0n) is 16.6. The Kier molecular flexibility index (Phi) is 6.69. The number of anilines is 1. The van der Waals surface area contributed by atoms with Crippen molar-refractivity contribution < 1.29 is 14.3 Å². The molecule has 0 spiro atoms. The van der Waals surface area contributed by atoms with E-state index < -0.39 is 0 Å². The number of hydrogen-bond acceptors (Lipinski definition) is 3. The third-order valence-electron chi connectivity index (χ3n) is 4.81. The van der Waals surface area contributed by atoms with Crippen LogP contribution in [0.2, 0.25) is 0 Å². The molecule has 5 nitrogen and oxygen atoms in total. The zero-order valence-corrected chi connectivity index (χ0v) is 16.6.